The Labute approximate surface area is 121 Å². The second kappa shape index (κ2) is 6.13. The number of aliphatic carboxylic acids is 1. The zero-order valence-electron chi connectivity index (χ0n) is 10.6. The molecule has 0 spiro atoms. The standard InChI is InChI=1S/C9H13BrN2O.C2HF3O2/c1-9(13)4-2-3-8(9)12-6-7(10)5-11-12;3-2(4,5)1(6)7/h5-6,8,13H,2-4H2,1H3;(H,6,7). The highest BCUT2D eigenvalue weighted by Crippen LogP contribution is 2.38. The van der Waals surface area contributed by atoms with E-state index in [1.807, 2.05) is 17.8 Å². The number of carbonyl (C=O) groups is 1. The molecule has 5 nitrogen and oxygen atoms in total. The lowest BCUT2D eigenvalue weighted by Crippen LogP contribution is -2.31. The number of alkyl halides is 3. The average molecular weight is 359 g/mol. The second-order valence-electron chi connectivity index (χ2n) is 4.71. The minimum atomic E-state index is -5.08. The van der Waals surface area contributed by atoms with E-state index in [1.54, 1.807) is 6.20 Å². The van der Waals surface area contributed by atoms with Crippen LogP contribution in [0.1, 0.15) is 32.2 Å². The van der Waals surface area contributed by atoms with Gasteiger partial charge in [-0.25, -0.2) is 4.79 Å². The maximum Gasteiger partial charge on any atom is 0.490 e. The summed E-state index contributed by atoms with van der Waals surface area (Å²) in [5.41, 5.74) is -0.592. The predicted molar refractivity (Wildman–Crippen MR) is 67.1 cm³/mol. The molecule has 1 fully saturated rings. The van der Waals surface area contributed by atoms with Gasteiger partial charge in [-0.3, -0.25) is 4.68 Å². The molecule has 1 saturated carbocycles. The molecule has 2 atom stereocenters. The average Bonchev–Trinajstić information content (AvgIpc) is 2.83. The van der Waals surface area contributed by atoms with Crippen molar-refractivity contribution < 1.29 is 28.2 Å². The highest BCUT2D eigenvalue weighted by molar-refractivity contribution is 9.10. The summed E-state index contributed by atoms with van der Waals surface area (Å²) in [4.78, 5) is 8.90. The highest BCUT2D eigenvalue weighted by atomic mass is 79.9. The maximum atomic E-state index is 10.6. The van der Waals surface area contributed by atoms with Gasteiger partial charge in [0.15, 0.2) is 0 Å². The van der Waals surface area contributed by atoms with E-state index in [9.17, 15) is 18.3 Å². The first-order chi connectivity index (χ1) is 9.04. The first-order valence-electron chi connectivity index (χ1n) is 5.76. The lowest BCUT2D eigenvalue weighted by atomic mass is 10.0. The summed E-state index contributed by atoms with van der Waals surface area (Å²) in [6.45, 7) is 1.89. The van der Waals surface area contributed by atoms with Crippen LogP contribution in [0.4, 0.5) is 13.2 Å². The van der Waals surface area contributed by atoms with Gasteiger partial charge in [0, 0.05) is 6.20 Å². The normalized spacial score (nSPS) is 26.0. The predicted octanol–water partition coefficient (Wildman–Crippen LogP) is 2.75. The maximum absolute atomic E-state index is 10.6. The van der Waals surface area contributed by atoms with E-state index in [4.69, 9.17) is 9.90 Å². The number of hydrogen-bond donors (Lipinski definition) is 2. The second-order valence-corrected chi connectivity index (χ2v) is 5.62. The van der Waals surface area contributed by atoms with Crippen molar-refractivity contribution in [3.05, 3.63) is 16.9 Å². The Morgan fingerprint density at radius 2 is 2.15 bits per heavy atom. The molecule has 1 aromatic rings. The largest absolute Gasteiger partial charge is 0.490 e. The van der Waals surface area contributed by atoms with Crippen molar-refractivity contribution >= 4 is 21.9 Å². The number of carboxylic acids is 1. The lowest BCUT2D eigenvalue weighted by Gasteiger charge is -2.25. The summed E-state index contributed by atoms with van der Waals surface area (Å²) in [6.07, 6.45) is 1.56. The van der Waals surface area contributed by atoms with Crippen molar-refractivity contribution in [2.24, 2.45) is 0 Å². The van der Waals surface area contributed by atoms with E-state index < -0.39 is 17.7 Å². The number of nitrogens with zero attached hydrogens (tertiary/aromatic N) is 2. The van der Waals surface area contributed by atoms with E-state index in [0.717, 1.165) is 23.7 Å². The molecule has 0 radical (unpaired) electrons. The molecule has 1 aliphatic carbocycles. The molecule has 1 heterocycles. The number of aliphatic hydroxyl groups is 1. The molecular formula is C11H14BrF3N2O3. The SMILES string of the molecule is CC1(O)CCCC1n1cc(Br)cn1.O=C(O)C(F)(F)F. The minimum absolute atomic E-state index is 0.138. The lowest BCUT2D eigenvalue weighted by molar-refractivity contribution is -0.192. The molecule has 9 heteroatoms. The summed E-state index contributed by atoms with van der Waals surface area (Å²) in [7, 11) is 0. The Morgan fingerprint density at radius 1 is 1.60 bits per heavy atom. The van der Waals surface area contributed by atoms with Gasteiger partial charge in [0.05, 0.1) is 22.3 Å². The number of carboxylic acid groups (broad SMARTS) is 1. The zero-order valence-corrected chi connectivity index (χ0v) is 12.1. The molecule has 1 aliphatic rings. The van der Waals surface area contributed by atoms with Crippen molar-refractivity contribution in [2.45, 2.75) is 44.0 Å². The van der Waals surface area contributed by atoms with Gasteiger partial charge in [-0.05, 0) is 42.1 Å². The van der Waals surface area contributed by atoms with Crippen LogP contribution in [0.5, 0.6) is 0 Å². The van der Waals surface area contributed by atoms with Crippen LogP contribution in [0.2, 0.25) is 0 Å². The Kier molecular flexibility index (Phi) is 5.20. The Bertz CT molecular complexity index is 474. The van der Waals surface area contributed by atoms with Crippen molar-refractivity contribution in [3.8, 4) is 0 Å². The molecule has 0 bridgehead atoms. The molecule has 20 heavy (non-hydrogen) atoms. The van der Waals surface area contributed by atoms with Crippen LogP contribution < -0.4 is 0 Å². The van der Waals surface area contributed by atoms with E-state index in [2.05, 4.69) is 21.0 Å². The number of rotatable bonds is 1. The van der Waals surface area contributed by atoms with Gasteiger partial charge in [-0.1, -0.05) is 0 Å². The van der Waals surface area contributed by atoms with Gasteiger partial charge >= 0.3 is 12.1 Å². The molecule has 2 unspecified atom stereocenters. The molecule has 0 saturated heterocycles. The van der Waals surface area contributed by atoms with Crippen LogP contribution in [0, 0.1) is 0 Å². The van der Waals surface area contributed by atoms with Crippen molar-refractivity contribution in [1.82, 2.24) is 9.78 Å². The number of hydrogen-bond acceptors (Lipinski definition) is 3. The highest BCUT2D eigenvalue weighted by Gasteiger charge is 2.39. The van der Waals surface area contributed by atoms with Gasteiger partial charge in [-0.2, -0.15) is 18.3 Å². The molecule has 1 aromatic heterocycles. The first kappa shape index (κ1) is 17.0. The summed E-state index contributed by atoms with van der Waals surface area (Å²) in [5, 5.41) is 21.4. The molecule has 2 rings (SSSR count). The van der Waals surface area contributed by atoms with Crippen LogP contribution in [-0.2, 0) is 4.79 Å². The number of halogens is 4. The molecule has 2 N–H and O–H groups in total. The summed E-state index contributed by atoms with van der Waals surface area (Å²) in [5.74, 6) is -2.76. The minimum Gasteiger partial charge on any atom is -0.475 e. The van der Waals surface area contributed by atoms with E-state index in [-0.39, 0.29) is 6.04 Å². The Balaban J connectivity index is 0.000000246. The van der Waals surface area contributed by atoms with E-state index >= 15 is 0 Å². The molecule has 114 valence electrons. The van der Waals surface area contributed by atoms with E-state index in [0.29, 0.717) is 0 Å². The van der Waals surface area contributed by atoms with Gasteiger partial charge in [0.25, 0.3) is 0 Å². The van der Waals surface area contributed by atoms with Gasteiger partial charge in [-0.15, -0.1) is 0 Å². The third-order valence-electron chi connectivity index (χ3n) is 3.01. The molecular weight excluding hydrogens is 345 g/mol. The summed E-state index contributed by atoms with van der Waals surface area (Å²) < 4.78 is 34.6. The van der Waals surface area contributed by atoms with Gasteiger partial charge < -0.3 is 10.2 Å². The van der Waals surface area contributed by atoms with Crippen LogP contribution in [0.3, 0.4) is 0 Å². The van der Waals surface area contributed by atoms with Crippen LogP contribution in [0.15, 0.2) is 16.9 Å². The zero-order chi connectivity index (χ0) is 15.6. The van der Waals surface area contributed by atoms with Crippen LogP contribution in [-0.4, -0.2) is 37.7 Å². The number of aromatic nitrogens is 2. The quantitative estimate of drug-likeness (QED) is 0.809. The van der Waals surface area contributed by atoms with Crippen molar-refractivity contribution in [1.29, 1.82) is 0 Å². The molecule has 0 aromatic carbocycles. The first-order valence-corrected chi connectivity index (χ1v) is 6.55. The molecule has 0 aliphatic heterocycles. The monoisotopic (exact) mass is 358 g/mol. The fourth-order valence-corrected chi connectivity index (χ4v) is 2.33. The van der Waals surface area contributed by atoms with Crippen molar-refractivity contribution in [3.63, 3.8) is 0 Å². The summed E-state index contributed by atoms with van der Waals surface area (Å²) >= 11 is 3.35. The summed E-state index contributed by atoms with van der Waals surface area (Å²) in [6, 6.07) is 0.138. The van der Waals surface area contributed by atoms with Crippen LogP contribution in [0.25, 0.3) is 0 Å². The van der Waals surface area contributed by atoms with Gasteiger partial charge in [0.1, 0.15) is 0 Å². The topological polar surface area (TPSA) is 75.3 Å². The van der Waals surface area contributed by atoms with E-state index in [1.165, 1.54) is 0 Å². The van der Waals surface area contributed by atoms with Gasteiger partial charge in [0.2, 0.25) is 0 Å². The van der Waals surface area contributed by atoms with Crippen molar-refractivity contribution in [2.75, 3.05) is 0 Å². The van der Waals surface area contributed by atoms with Crippen LogP contribution >= 0.6 is 15.9 Å². The third kappa shape index (κ3) is 4.48. The Hall–Kier alpha value is -1.09. The smallest absolute Gasteiger partial charge is 0.475 e. The fraction of sp³-hybridized carbons (Fsp3) is 0.636. The Morgan fingerprint density at radius 3 is 2.45 bits per heavy atom. The third-order valence-corrected chi connectivity index (χ3v) is 3.42. The fourth-order valence-electron chi connectivity index (χ4n) is 2.03. The molecule has 0 amide bonds.